The van der Waals surface area contributed by atoms with Crippen molar-refractivity contribution in [3.63, 3.8) is 0 Å². The molecule has 0 unspecified atom stereocenters. The minimum absolute atomic E-state index is 0.460. The van der Waals surface area contributed by atoms with E-state index in [-0.39, 0.29) is 0 Å². The van der Waals surface area contributed by atoms with E-state index in [9.17, 15) is 9.59 Å². The number of anilines is 1. The summed E-state index contributed by atoms with van der Waals surface area (Å²) in [7, 11) is 0. The number of hydrogen-bond acceptors (Lipinski definition) is 3. The molecule has 1 aromatic heterocycles. The van der Waals surface area contributed by atoms with Crippen LogP contribution in [0.1, 0.15) is 22.2 Å². The summed E-state index contributed by atoms with van der Waals surface area (Å²) in [4.78, 5) is 24.1. The highest BCUT2D eigenvalue weighted by molar-refractivity contribution is 7.13. The largest absolute Gasteiger partial charge is 0.319 e. The van der Waals surface area contributed by atoms with Gasteiger partial charge in [-0.25, -0.2) is 0 Å². The third-order valence-electron chi connectivity index (χ3n) is 2.60. The van der Waals surface area contributed by atoms with Gasteiger partial charge >= 0.3 is 0 Å². The van der Waals surface area contributed by atoms with E-state index >= 15 is 0 Å². The van der Waals surface area contributed by atoms with Crippen LogP contribution in [0.2, 0.25) is 0 Å². The molecule has 0 saturated carbocycles. The van der Waals surface area contributed by atoms with Crippen LogP contribution in [0, 0.1) is 0 Å². The monoisotopic (exact) mass is 259 g/mol. The smallest absolute Gasteiger partial charge is 0.297 e. The molecule has 18 heavy (non-hydrogen) atoms. The number of para-hydroxylation sites is 1. The summed E-state index contributed by atoms with van der Waals surface area (Å²) < 4.78 is 0. The van der Waals surface area contributed by atoms with Crippen LogP contribution in [0.25, 0.3) is 0 Å². The molecule has 2 aromatic rings. The van der Waals surface area contributed by atoms with Gasteiger partial charge in [-0.3, -0.25) is 9.59 Å². The second kappa shape index (κ2) is 5.60. The average Bonchev–Trinajstić information content (AvgIpc) is 2.92. The van der Waals surface area contributed by atoms with Gasteiger partial charge in [0.2, 0.25) is 0 Å². The molecule has 0 radical (unpaired) electrons. The number of hydrogen-bond donors (Lipinski definition) is 1. The van der Waals surface area contributed by atoms with Crippen LogP contribution < -0.4 is 5.32 Å². The van der Waals surface area contributed by atoms with Crippen LogP contribution >= 0.6 is 11.3 Å². The van der Waals surface area contributed by atoms with Crippen LogP contribution in [-0.2, 0) is 11.2 Å². The van der Waals surface area contributed by atoms with Gasteiger partial charge in [0.05, 0.1) is 4.88 Å². The molecule has 0 saturated heterocycles. The maximum absolute atomic E-state index is 11.8. The molecule has 3 nitrogen and oxygen atoms in total. The first-order valence-corrected chi connectivity index (χ1v) is 6.57. The molecule has 0 atom stereocenters. The van der Waals surface area contributed by atoms with Gasteiger partial charge in [-0.15, -0.1) is 11.3 Å². The van der Waals surface area contributed by atoms with Crippen molar-refractivity contribution in [2.45, 2.75) is 13.3 Å². The van der Waals surface area contributed by atoms with Crippen molar-refractivity contribution < 1.29 is 9.59 Å². The summed E-state index contributed by atoms with van der Waals surface area (Å²) in [5.41, 5.74) is 1.72. The van der Waals surface area contributed by atoms with Gasteiger partial charge in [0, 0.05) is 5.69 Å². The summed E-state index contributed by atoms with van der Waals surface area (Å²) in [6.07, 6.45) is 0.809. The molecule has 2 rings (SSSR count). The lowest BCUT2D eigenvalue weighted by Crippen LogP contribution is -2.22. The first-order chi connectivity index (χ1) is 8.72. The quantitative estimate of drug-likeness (QED) is 0.677. The summed E-state index contributed by atoms with van der Waals surface area (Å²) >= 11 is 1.27. The number of nitrogens with one attached hydrogen (secondary N) is 1. The Bertz CT molecular complexity index is 561. The highest BCUT2D eigenvalue weighted by atomic mass is 32.1. The predicted octanol–water partition coefficient (Wildman–Crippen LogP) is 3.13. The molecule has 1 N–H and O–H groups in total. The standard InChI is InChI=1S/C14H13NO2S/c1-2-10-6-3-4-7-11(10)15-14(17)13(16)12-8-5-9-18-12/h3-9H,2H2,1H3,(H,15,17). The van der Waals surface area contributed by atoms with Crippen LogP contribution in [-0.4, -0.2) is 11.7 Å². The zero-order valence-corrected chi connectivity index (χ0v) is 10.8. The van der Waals surface area contributed by atoms with Crippen molar-refractivity contribution in [3.05, 3.63) is 52.2 Å². The number of amides is 1. The van der Waals surface area contributed by atoms with E-state index in [1.54, 1.807) is 23.6 Å². The van der Waals surface area contributed by atoms with Gasteiger partial charge in [0.1, 0.15) is 0 Å². The Morgan fingerprint density at radius 3 is 2.61 bits per heavy atom. The fourth-order valence-electron chi connectivity index (χ4n) is 1.65. The fraction of sp³-hybridized carbons (Fsp3) is 0.143. The molecule has 1 heterocycles. The highest BCUT2D eigenvalue weighted by Crippen LogP contribution is 2.16. The van der Waals surface area contributed by atoms with Crippen molar-refractivity contribution in [2.24, 2.45) is 0 Å². The topological polar surface area (TPSA) is 46.2 Å². The van der Waals surface area contributed by atoms with Crippen LogP contribution in [0.4, 0.5) is 5.69 Å². The minimum Gasteiger partial charge on any atom is -0.319 e. The van der Waals surface area contributed by atoms with Gasteiger partial charge in [0.25, 0.3) is 11.7 Å². The van der Waals surface area contributed by atoms with Crippen molar-refractivity contribution >= 4 is 28.7 Å². The molecule has 1 aromatic carbocycles. The second-order valence-electron chi connectivity index (χ2n) is 3.77. The van der Waals surface area contributed by atoms with E-state index in [4.69, 9.17) is 0 Å². The number of thiophene rings is 1. The summed E-state index contributed by atoms with van der Waals surface area (Å²) in [5.74, 6) is -1.07. The van der Waals surface area contributed by atoms with Gasteiger partial charge in [-0.2, -0.15) is 0 Å². The zero-order valence-electron chi connectivity index (χ0n) is 9.97. The minimum atomic E-state index is -0.585. The van der Waals surface area contributed by atoms with Gasteiger partial charge in [-0.1, -0.05) is 31.2 Å². The second-order valence-corrected chi connectivity index (χ2v) is 4.72. The Labute approximate surface area is 109 Å². The van der Waals surface area contributed by atoms with Crippen LogP contribution in [0.3, 0.4) is 0 Å². The molecule has 0 spiro atoms. The molecule has 0 aliphatic rings. The van der Waals surface area contributed by atoms with Crippen molar-refractivity contribution in [2.75, 3.05) is 5.32 Å². The van der Waals surface area contributed by atoms with Crippen LogP contribution in [0.5, 0.6) is 0 Å². The highest BCUT2D eigenvalue weighted by Gasteiger charge is 2.17. The molecule has 0 bridgehead atoms. The Hall–Kier alpha value is -1.94. The molecule has 0 aliphatic heterocycles. The maximum atomic E-state index is 11.8. The lowest BCUT2D eigenvalue weighted by Gasteiger charge is -2.08. The molecule has 4 heteroatoms. The van der Waals surface area contributed by atoms with Crippen LogP contribution in [0.15, 0.2) is 41.8 Å². The summed E-state index contributed by atoms with van der Waals surface area (Å²) in [5, 5.41) is 4.45. The lowest BCUT2D eigenvalue weighted by atomic mass is 10.1. The number of Topliss-reactive ketones (excluding diaryl/α,β-unsaturated/α-hetero) is 1. The van der Waals surface area contributed by atoms with E-state index in [2.05, 4.69) is 5.32 Å². The number of aryl methyl sites for hydroxylation is 1. The first kappa shape index (κ1) is 12.5. The van der Waals surface area contributed by atoms with E-state index in [0.29, 0.717) is 10.6 Å². The zero-order chi connectivity index (χ0) is 13.0. The number of carbonyl (C=O) groups excluding carboxylic acids is 2. The van der Waals surface area contributed by atoms with E-state index in [1.807, 2.05) is 25.1 Å². The average molecular weight is 259 g/mol. The Kier molecular flexibility index (Phi) is 3.89. The molecule has 0 aliphatic carbocycles. The third kappa shape index (κ3) is 2.65. The van der Waals surface area contributed by atoms with Crippen molar-refractivity contribution in [1.82, 2.24) is 0 Å². The van der Waals surface area contributed by atoms with Gasteiger partial charge in [-0.05, 0) is 29.5 Å². The number of carbonyl (C=O) groups is 2. The molecular weight excluding hydrogens is 246 g/mol. The third-order valence-corrected chi connectivity index (χ3v) is 3.47. The SMILES string of the molecule is CCc1ccccc1NC(=O)C(=O)c1cccs1. The molecular formula is C14H13NO2S. The maximum Gasteiger partial charge on any atom is 0.297 e. The Balaban J connectivity index is 2.14. The number of rotatable bonds is 4. The lowest BCUT2D eigenvalue weighted by molar-refractivity contribution is -0.112. The number of benzene rings is 1. The normalized spacial score (nSPS) is 10.1. The number of ketones is 1. The molecule has 0 fully saturated rings. The fourth-order valence-corrected chi connectivity index (χ4v) is 2.31. The summed E-state index contributed by atoms with van der Waals surface area (Å²) in [6.45, 7) is 2.01. The molecule has 92 valence electrons. The van der Waals surface area contributed by atoms with Crippen molar-refractivity contribution in [1.29, 1.82) is 0 Å². The van der Waals surface area contributed by atoms with E-state index in [1.165, 1.54) is 11.3 Å². The first-order valence-electron chi connectivity index (χ1n) is 5.69. The predicted molar refractivity (Wildman–Crippen MR) is 73.1 cm³/mol. The van der Waals surface area contributed by atoms with E-state index < -0.39 is 11.7 Å². The van der Waals surface area contributed by atoms with Gasteiger partial charge in [0.15, 0.2) is 0 Å². The molecule has 1 amide bonds. The Morgan fingerprint density at radius 1 is 1.17 bits per heavy atom. The van der Waals surface area contributed by atoms with E-state index in [0.717, 1.165) is 12.0 Å². The summed E-state index contributed by atoms with van der Waals surface area (Å²) in [6, 6.07) is 10.9. The van der Waals surface area contributed by atoms with Gasteiger partial charge < -0.3 is 5.32 Å². The van der Waals surface area contributed by atoms with Crippen molar-refractivity contribution in [3.8, 4) is 0 Å². The Morgan fingerprint density at radius 2 is 1.94 bits per heavy atom.